The summed E-state index contributed by atoms with van der Waals surface area (Å²) in [6, 6.07) is 0. The van der Waals surface area contributed by atoms with Crippen molar-refractivity contribution in [3.05, 3.63) is 24.3 Å². The maximum atomic E-state index is 12.3. The van der Waals surface area contributed by atoms with Crippen molar-refractivity contribution in [1.82, 2.24) is 3.71 Å². The van der Waals surface area contributed by atoms with Gasteiger partial charge < -0.3 is 9.84 Å². The van der Waals surface area contributed by atoms with Crippen LogP contribution in [0.4, 0.5) is 13.2 Å². The molecule has 0 aromatic rings. The van der Waals surface area contributed by atoms with Crippen LogP contribution in [0.1, 0.15) is 26.2 Å². The molecule has 154 valence electrons. The molecular formula is C13H22F3NO7S2. The minimum atomic E-state index is -6.05. The van der Waals surface area contributed by atoms with Gasteiger partial charge in [-0.05, 0) is 26.2 Å². The van der Waals surface area contributed by atoms with Crippen molar-refractivity contribution in [3.8, 4) is 0 Å². The Bertz CT molecular complexity index is 702. The molecule has 0 saturated carbocycles. The Morgan fingerprint density at radius 3 is 2.08 bits per heavy atom. The second-order valence-corrected chi connectivity index (χ2v) is 9.03. The third kappa shape index (κ3) is 7.32. The van der Waals surface area contributed by atoms with Crippen molar-refractivity contribution >= 4 is 20.3 Å². The summed E-state index contributed by atoms with van der Waals surface area (Å²) in [5.41, 5.74) is -4.90. The predicted octanol–water partition coefficient (Wildman–Crippen LogP) is 1.67. The third-order valence-electron chi connectivity index (χ3n) is 3.09. The molecule has 0 fully saturated rings. The van der Waals surface area contributed by atoms with E-state index in [2.05, 4.69) is 17.3 Å². The highest BCUT2D eigenvalue weighted by molar-refractivity contribution is 8.02. The van der Waals surface area contributed by atoms with E-state index in [-0.39, 0.29) is 20.1 Å². The molecule has 0 aromatic heterocycles. The second-order valence-electron chi connectivity index (χ2n) is 5.20. The van der Waals surface area contributed by atoms with Crippen LogP contribution >= 0.6 is 0 Å². The average Bonchev–Trinajstić information content (AvgIpc) is 2.50. The largest absolute Gasteiger partial charge is 0.512 e. The predicted molar refractivity (Wildman–Crippen MR) is 87.4 cm³/mol. The summed E-state index contributed by atoms with van der Waals surface area (Å²) in [5.74, 6) is 0. The summed E-state index contributed by atoms with van der Waals surface area (Å²) >= 11 is 0. The quantitative estimate of drug-likeness (QED) is 0.288. The van der Waals surface area contributed by atoms with Crippen molar-refractivity contribution in [1.29, 1.82) is 0 Å². The van der Waals surface area contributed by atoms with E-state index in [9.17, 15) is 35.1 Å². The highest BCUT2D eigenvalue weighted by atomic mass is 32.3. The van der Waals surface area contributed by atoms with Crippen molar-refractivity contribution in [2.75, 3.05) is 20.3 Å². The lowest BCUT2D eigenvalue weighted by atomic mass is 10.1. The van der Waals surface area contributed by atoms with Gasteiger partial charge in [-0.1, -0.05) is 22.4 Å². The van der Waals surface area contributed by atoms with Gasteiger partial charge in [0, 0.05) is 12.6 Å². The summed E-state index contributed by atoms with van der Waals surface area (Å²) in [7, 11) is -10.9. The van der Waals surface area contributed by atoms with E-state index in [1.165, 1.54) is 0 Å². The minimum Gasteiger partial charge on any atom is -0.364 e. The van der Waals surface area contributed by atoms with Crippen LogP contribution in [-0.4, -0.2) is 57.7 Å². The van der Waals surface area contributed by atoms with E-state index >= 15 is 0 Å². The third-order valence-corrected chi connectivity index (χ3v) is 6.58. The number of sulfonamides is 1. The first-order chi connectivity index (χ1) is 11.6. The molecule has 0 heterocycles. The molecule has 0 radical (unpaired) electrons. The van der Waals surface area contributed by atoms with Gasteiger partial charge in [0.2, 0.25) is 0 Å². The summed E-state index contributed by atoms with van der Waals surface area (Å²) < 4.78 is 90.5. The monoisotopic (exact) mass is 425 g/mol. The first kappa shape index (κ1) is 25.0. The molecule has 1 atom stereocenters. The maximum Gasteiger partial charge on any atom is 0.512 e. The van der Waals surface area contributed by atoms with Crippen LogP contribution in [0.25, 0.3) is 0 Å². The summed E-state index contributed by atoms with van der Waals surface area (Å²) in [6.45, 7) is 8.39. The van der Waals surface area contributed by atoms with Crippen molar-refractivity contribution in [2.45, 2.75) is 38.0 Å². The highest BCUT2D eigenvalue weighted by Gasteiger charge is 2.52. The number of rotatable bonds is 12. The first-order valence-corrected chi connectivity index (χ1v) is 10.0. The second kappa shape index (κ2) is 9.80. The molecule has 0 aliphatic heterocycles. The van der Waals surface area contributed by atoms with Crippen molar-refractivity contribution < 1.29 is 44.0 Å². The maximum absolute atomic E-state index is 12.3. The zero-order valence-electron chi connectivity index (χ0n) is 14.3. The van der Waals surface area contributed by atoms with Crippen LogP contribution in [0.3, 0.4) is 0 Å². The number of aliphatic hydroxyl groups is 1. The van der Waals surface area contributed by atoms with E-state index in [0.717, 1.165) is 0 Å². The molecule has 0 aromatic carbocycles. The molecule has 8 nitrogen and oxygen atoms in total. The molecule has 1 N–H and O–H groups in total. The molecule has 0 aliphatic carbocycles. The van der Waals surface area contributed by atoms with E-state index in [4.69, 9.17) is 4.74 Å². The number of unbranched alkanes of at least 4 members (excludes halogenated alkanes) is 2. The molecule has 26 heavy (non-hydrogen) atoms. The molecule has 0 saturated heterocycles. The molecular weight excluding hydrogens is 403 g/mol. The average molecular weight is 425 g/mol. The Morgan fingerprint density at radius 2 is 1.62 bits per heavy atom. The van der Waals surface area contributed by atoms with Gasteiger partial charge in [-0.3, -0.25) is 4.18 Å². The lowest BCUT2D eigenvalue weighted by Crippen LogP contribution is -2.42. The number of aliphatic hydroxyl groups excluding tert-OH is 1. The molecule has 0 amide bonds. The zero-order valence-corrected chi connectivity index (χ0v) is 16.0. The fourth-order valence-electron chi connectivity index (χ4n) is 1.39. The van der Waals surface area contributed by atoms with Gasteiger partial charge in [0.1, 0.15) is 0 Å². The molecule has 13 heteroatoms. The standard InChI is InChI=1S/C13H22F3NO7S2/c1-10(2)11(3)12(18)23-8-6-5-7-9-24-26(21,22)17(4)25(19,20)13(14,15)16/h12,18H,1,3,5-9H2,2,4H3. The zero-order chi connectivity index (χ0) is 20.8. The molecule has 0 bridgehead atoms. The molecule has 0 aliphatic rings. The van der Waals surface area contributed by atoms with Gasteiger partial charge in [-0.2, -0.15) is 21.6 Å². The Morgan fingerprint density at radius 1 is 1.12 bits per heavy atom. The van der Waals surface area contributed by atoms with Crippen LogP contribution in [0.2, 0.25) is 0 Å². The summed E-state index contributed by atoms with van der Waals surface area (Å²) in [4.78, 5) is 0. The number of hydrogen-bond acceptors (Lipinski definition) is 7. The lowest BCUT2D eigenvalue weighted by molar-refractivity contribution is -0.0714. The summed E-state index contributed by atoms with van der Waals surface area (Å²) in [6.07, 6.45) is -0.358. The Labute approximate surface area is 151 Å². The van der Waals surface area contributed by atoms with E-state index < -0.39 is 42.4 Å². The molecule has 0 rings (SSSR count). The van der Waals surface area contributed by atoms with Crippen LogP contribution in [0.15, 0.2) is 24.3 Å². The van der Waals surface area contributed by atoms with Gasteiger partial charge >= 0.3 is 25.8 Å². The smallest absolute Gasteiger partial charge is 0.364 e. The van der Waals surface area contributed by atoms with Crippen molar-refractivity contribution in [3.63, 3.8) is 0 Å². The highest BCUT2D eigenvalue weighted by Crippen LogP contribution is 2.27. The van der Waals surface area contributed by atoms with Crippen LogP contribution in [0, 0.1) is 0 Å². The fourth-order valence-corrected chi connectivity index (χ4v) is 3.50. The van der Waals surface area contributed by atoms with E-state index in [0.29, 0.717) is 24.0 Å². The van der Waals surface area contributed by atoms with Gasteiger partial charge in [-0.15, -0.1) is 0 Å². The van der Waals surface area contributed by atoms with Gasteiger partial charge in [0.25, 0.3) is 0 Å². The number of ether oxygens (including phenoxy) is 1. The normalized spacial score (nSPS) is 14.4. The first-order valence-electron chi connectivity index (χ1n) is 7.23. The SMILES string of the molecule is C=C(C)C(=C)C(O)OCCCCCOS(=O)(=O)N(C)S(=O)(=O)C(F)(F)F. The topological polar surface area (TPSA) is 110 Å². The molecule has 0 spiro atoms. The number of hydrogen-bond donors (Lipinski definition) is 1. The van der Waals surface area contributed by atoms with E-state index in [1.54, 1.807) is 6.92 Å². The van der Waals surface area contributed by atoms with Crippen LogP contribution in [0.5, 0.6) is 0 Å². The van der Waals surface area contributed by atoms with Gasteiger partial charge in [0.15, 0.2) is 6.29 Å². The minimum absolute atomic E-state index is 0.111. The summed E-state index contributed by atoms with van der Waals surface area (Å²) in [5, 5.41) is 9.56. The molecule has 1 unspecified atom stereocenters. The Balaban J connectivity index is 4.26. The van der Waals surface area contributed by atoms with Crippen molar-refractivity contribution in [2.24, 2.45) is 0 Å². The van der Waals surface area contributed by atoms with E-state index in [1.807, 2.05) is 0 Å². The number of halogens is 3. The number of alkyl halides is 3. The van der Waals surface area contributed by atoms with Gasteiger partial charge in [0.05, 0.1) is 13.2 Å². The fraction of sp³-hybridized carbons (Fsp3) is 0.692. The number of nitrogens with zero attached hydrogens (tertiary/aromatic N) is 1. The van der Waals surface area contributed by atoms with Gasteiger partial charge in [-0.25, -0.2) is 8.42 Å². The Hall–Kier alpha value is -0.990. The van der Waals surface area contributed by atoms with Crippen LogP contribution < -0.4 is 0 Å². The Kier molecular flexibility index (Phi) is 9.43. The lowest BCUT2D eigenvalue weighted by Gasteiger charge is -2.18. The van der Waals surface area contributed by atoms with Crippen LogP contribution in [-0.2, 0) is 29.2 Å².